The molecule has 0 aliphatic carbocycles. The summed E-state index contributed by atoms with van der Waals surface area (Å²) in [6, 6.07) is 2.94. The Morgan fingerprint density at radius 1 is 1.19 bits per heavy atom. The average Bonchev–Trinajstić information content (AvgIpc) is 2.37. The van der Waals surface area contributed by atoms with Crippen molar-refractivity contribution in [2.45, 2.75) is 32.9 Å². The van der Waals surface area contributed by atoms with Crippen LogP contribution in [-0.4, -0.2) is 24.2 Å². The summed E-state index contributed by atoms with van der Waals surface area (Å²) in [6.45, 7) is 4.16. The summed E-state index contributed by atoms with van der Waals surface area (Å²) >= 11 is 0. The molecule has 1 heterocycles. The van der Waals surface area contributed by atoms with Crippen molar-refractivity contribution >= 4 is 11.4 Å². The molecule has 0 N–H and O–H groups in total. The number of non-ortho nitro benzene ring substituents is 1. The van der Waals surface area contributed by atoms with Crippen LogP contribution in [0.4, 0.5) is 24.5 Å². The highest BCUT2D eigenvalue weighted by atomic mass is 19.4. The molecular weight excluding hydrogens is 285 g/mol. The van der Waals surface area contributed by atoms with Gasteiger partial charge in [0.1, 0.15) is 0 Å². The number of nitro benzene ring substituents is 1. The molecule has 4 nitrogen and oxygen atoms in total. The van der Waals surface area contributed by atoms with Gasteiger partial charge in [0.05, 0.1) is 10.8 Å². The van der Waals surface area contributed by atoms with E-state index in [0.717, 1.165) is 16.8 Å². The Morgan fingerprint density at radius 3 is 2.05 bits per heavy atom. The van der Waals surface area contributed by atoms with E-state index in [4.69, 9.17) is 0 Å². The quantitative estimate of drug-likeness (QED) is 0.613. The van der Waals surface area contributed by atoms with E-state index < -0.39 is 17.0 Å². The van der Waals surface area contributed by atoms with Crippen LogP contribution in [0.5, 0.6) is 0 Å². The Bertz CT molecular complexity index is 527. The molecule has 1 aliphatic heterocycles. The van der Waals surface area contributed by atoms with Crippen LogP contribution in [0.1, 0.15) is 24.0 Å². The van der Waals surface area contributed by atoms with Gasteiger partial charge >= 0.3 is 6.18 Å². The first-order valence-corrected chi connectivity index (χ1v) is 6.77. The summed E-state index contributed by atoms with van der Waals surface area (Å²) in [6.07, 6.45) is -4.00. The molecule has 0 unspecified atom stereocenters. The Morgan fingerprint density at radius 2 is 1.67 bits per heavy atom. The van der Waals surface area contributed by atoms with Crippen molar-refractivity contribution in [1.82, 2.24) is 0 Å². The predicted molar refractivity (Wildman–Crippen MR) is 73.6 cm³/mol. The third-order valence-corrected chi connectivity index (χ3v) is 3.96. The summed E-state index contributed by atoms with van der Waals surface area (Å²) < 4.78 is 38.0. The predicted octanol–water partition coefficient (Wildman–Crippen LogP) is 3.99. The molecule has 0 bridgehead atoms. The van der Waals surface area contributed by atoms with E-state index in [2.05, 4.69) is 0 Å². The van der Waals surface area contributed by atoms with Gasteiger partial charge in [0.25, 0.3) is 5.69 Å². The van der Waals surface area contributed by atoms with E-state index in [1.165, 1.54) is 12.1 Å². The molecule has 21 heavy (non-hydrogen) atoms. The molecule has 2 rings (SSSR count). The molecule has 0 saturated carbocycles. The molecule has 116 valence electrons. The van der Waals surface area contributed by atoms with Crippen LogP contribution in [-0.2, 0) is 0 Å². The van der Waals surface area contributed by atoms with Crippen molar-refractivity contribution in [3.05, 3.63) is 33.4 Å². The topological polar surface area (TPSA) is 46.4 Å². The largest absolute Gasteiger partial charge is 0.391 e. The second-order valence-corrected chi connectivity index (χ2v) is 5.49. The number of hydrogen-bond donors (Lipinski definition) is 0. The van der Waals surface area contributed by atoms with Crippen molar-refractivity contribution in [2.24, 2.45) is 5.92 Å². The molecule has 0 atom stereocenters. The lowest BCUT2D eigenvalue weighted by molar-refractivity contribution is -0.384. The second-order valence-electron chi connectivity index (χ2n) is 5.49. The Balaban J connectivity index is 2.19. The average molecular weight is 302 g/mol. The van der Waals surface area contributed by atoms with E-state index in [0.29, 0.717) is 13.1 Å². The summed E-state index contributed by atoms with van der Waals surface area (Å²) in [5.41, 5.74) is 2.29. The first-order valence-electron chi connectivity index (χ1n) is 6.77. The fourth-order valence-corrected chi connectivity index (χ4v) is 2.97. The first-order chi connectivity index (χ1) is 9.70. The first kappa shape index (κ1) is 15.6. The molecule has 0 aromatic heterocycles. The second kappa shape index (κ2) is 5.54. The highest BCUT2D eigenvalue weighted by Crippen LogP contribution is 2.37. The fourth-order valence-electron chi connectivity index (χ4n) is 2.97. The smallest absolute Gasteiger partial charge is 0.371 e. The number of nitro groups is 1. The number of alkyl halides is 3. The molecule has 0 amide bonds. The number of aryl methyl sites for hydroxylation is 2. The van der Waals surface area contributed by atoms with Crippen molar-refractivity contribution in [2.75, 3.05) is 18.0 Å². The van der Waals surface area contributed by atoms with Crippen LogP contribution in [0.15, 0.2) is 12.1 Å². The number of piperidine rings is 1. The van der Waals surface area contributed by atoms with Crippen LogP contribution in [0.25, 0.3) is 0 Å². The Kier molecular flexibility index (Phi) is 4.11. The molecule has 1 saturated heterocycles. The minimum Gasteiger partial charge on any atom is -0.371 e. The minimum absolute atomic E-state index is 0.0129. The van der Waals surface area contributed by atoms with Gasteiger partial charge in [0.2, 0.25) is 0 Å². The SMILES string of the molecule is Cc1cc([N+](=O)[O-])cc(C)c1N1CCC(C(F)(F)F)CC1. The van der Waals surface area contributed by atoms with Gasteiger partial charge in [-0.1, -0.05) is 0 Å². The van der Waals surface area contributed by atoms with Gasteiger partial charge in [-0.15, -0.1) is 0 Å². The maximum absolute atomic E-state index is 12.7. The van der Waals surface area contributed by atoms with E-state index >= 15 is 0 Å². The van der Waals surface area contributed by atoms with E-state index in [-0.39, 0.29) is 18.5 Å². The van der Waals surface area contributed by atoms with Crippen molar-refractivity contribution in [3.63, 3.8) is 0 Å². The van der Waals surface area contributed by atoms with E-state index in [1.807, 2.05) is 4.90 Å². The van der Waals surface area contributed by atoms with Crippen LogP contribution in [0.3, 0.4) is 0 Å². The molecule has 0 radical (unpaired) electrons. The maximum atomic E-state index is 12.7. The zero-order valence-electron chi connectivity index (χ0n) is 11.9. The summed E-state index contributed by atoms with van der Waals surface area (Å²) in [5, 5.41) is 10.8. The monoisotopic (exact) mass is 302 g/mol. The minimum atomic E-state index is -4.13. The van der Waals surface area contributed by atoms with E-state index in [9.17, 15) is 23.3 Å². The summed E-state index contributed by atoms with van der Waals surface area (Å²) in [4.78, 5) is 12.3. The van der Waals surface area contributed by atoms with Crippen molar-refractivity contribution in [1.29, 1.82) is 0 Å². The number of anilines is 1. The third-order valence-electron chi connectivity index (χ3n) is 3.96. The highest BCUT2D eigenvalue weighted by Gasteiger charge is 2.41. The number of rotatable bonds is 2. The lowest BCUT2D eigenvalue weighted by Gasteiger charge is -2.36. The van der Waals surface area contributed by atoms with Gasteiger partial charge in [-0.2, -0.15) is 13.2 Å². The molecular formula is C14H17F3N2O2. The number of benzene rings is 1. The van der Waals surface area contributed by atoms with Crippen molar-refractivity contribution in [3.8, 4) is 0 Å². The van der Waals surface area contributed by atoms with Gasteiger partial charge in [0.15, 0.2) is 0 Å². The van der Waals surface area contributed by atoms with Gasteiger partial charge in [0, 0.05) is 30.9 Å². The molecule has 1 aliphatic rings. The highest BCUT2D eigenvalue weighted by molar-refractivity contribution is 5.63. The number of hydrogen-bond acceptors (Lipinski definition) is 3. The van der Waals surface area contributed by atoms with E-state index in [1.54, 1.807) is 13.8 Å². The van der Waals surface area contributed by atoms with Crippen LogP contribution < -0.4 is 4.90 Å². The van der Waals surface area contributed by atoms with Gasteiger partial charge < -0.3 is 4.90 Å². The molecule has 1 fully saturated rings. The Hall–Kier alpha value is -1.79. The third kappa shape index (κ3) is 3.28. The fraction of sp³-hybridized carbons (Fsp3) is 0.571. The Labute approximate surface area is 120 Å². The number of halogens is 3. The lowest BCUT2D eigenvalue weighted by Crippen LogP contribution is -2.39. The zero-order valence-corrected chi connectivity index (χ0v) is 11.9. The maximum Gasteiger partial charge on any atom is 0.391 e. The van der Waals surface area contributed by atoms with Crippen LogP contribution in [0, 0.1) is 29.9 Å². The van der Waals surface area contributed by atoms with Gasteiger partial charge in [-0.05, 0) is 37.8 Å². The molecule has 1 aromatic rings. The molecule has 7 heteroatoms. The molecule has 1 aromatic carbocycles. The van der Waals surface area contributed by atoms with Crippen molar-refractivity contribution < 1.29 is 18.1 Å². The summed E-state index contributed by atoms with van der Waals surface area (Å²) in [5.74, 6) is -1.24. The standard InChI is InChI=1S/C14H17F3N2O2/c1-9-7-12(19(20)21)8-10(2)13(9)18-5-3-11(4-6-18)14(15,16)17/h7-8,11H,3-6H2,1-2H3. The molecule has 0 spiro atoms. The lowest BCUT2D eigenvalue weighted by atomic mass is 9.94. The zero-order chi connectivity index (χ0) is 15.8. The van der Waals surface area contributed by atoms with Crippen LogP contribution in [0.2, 0.25) is 0 Å². The number of nitrogens with zero attached hydrogens (tertiary/aromatic N) is 2. The van der Waals surface area contributed by atoms with Crippen LogP contribution >= 0.6 is 0 Å². The van der Waals surface area contributed by atoms with Gasteiger partial charge in [-0.25, -0.2) is 0 Å². The van der Waals surface area contributed by atoms with Gasteiger partial charge in [-0.3, -0.25) is 10.1 Å². The summed E-state index contributed by atoms with van der Waals surface area (Å²) in [7, 11) is 0. The normalized spacial score (nSPS) is 17.1.